The molecular formula is C11H12Cl3NO. The lowest BCUT2D eigenvalue weighted by Crippen LogP contribution is -2.31. The maximum absolute atomic E-state index is 11.6. The third-order valence-electron chi connectivity index (χ3n) is 2.26. The molecule has 1 aromatic rings. The van der Waals surface area contributed by atoms with Crippen LogP contribution in [0.2, 0.25) is 5.02 Å². The van der Waals surface area contributed by atoms with Crippen molar-refractivity contribution in [3.8, 4) is 0 Å². The number of anilines is 1. The minimum absolute atomic E-state index is 0.0439. The molecule has 0 N–H and O–H groups in total. The van der Waals surface area contributed by atoms with Crippen molar-refractivity contribution in [1.82, 2.24) is 0 Å². The van der Waals surface area contributed by atoms with E-state index in [1.807, 2.05) is 19.1 Å². The van der Waals surface area contributed by atoms with E-state index in [-0.39, 0.29) is 17.8 Å². The zero-order valence-corrected chi connectivity index (χ0v) is 11.1. The SMILES string of the molecule is CCc1cccc(Cl)c1N(CCl)C(=O)CCl. The van der Waals surface area contributed by atoms with E-state index in [0.717, 1.165) is 12.0 Å². The van der Waals surface area contributed by atoms with Gasteiger partial charge in [0, 0.05) is 0 Å². The van der Waals surface area contributed by atoms with E-state index in [0.29, 0.717) is 10.7 Å². The van der Waals surface area contributed by atoms with Gasteiger partial charge < -0.3 is 0 Å². The van der Waals surface area contributed by atoms with Crippen LogP contribution in [0.1, 0.15) is 12.5 Å². The standard InChI is InChI=1S/C11H12Cl3NO/c1-2-8-4-3-5-9(14)11(8)15(7-13)10(16)6-12/h3-5H,2,6-7H2,1H3. The van der Waals surface area contributed by atoms with Gasteiger partial charge in [-0.1, -0.05) is 30.7 Å². The van der Waals surface area contributed by atoms with Gasteiger partial charge in [0.15, 0.2) is 0 Å². The molecule has 0 aromatic heterocycles. The second-order valence-corrected chi connectivity index (χ2v) is 4.09. The van der Waals surface area contributed by atoms with Crippen molar-refractivity contribution in [2.24, 2.45) is 0 Å². The molecule has 0 unspecified atom stereocenters. The molecule has 0 aliphatic rings. The molecule has 0 saturated carbocycles. The average molecular weight is 281 g/mol. The van der Waals surface area contributed by atoms with Crippen LogP contribution in [0, 0.1) is 0 Å². The van der Waals surface area contributed by atoms with Crippen LogP contribution in [0.3, 0.4) is 0 Å². The van der Waals surface area contributed by atoms with Gasteiger partial charge in [0.05, 0.1) is 10.7 Å². The quantitative estimate of drug-likeness (QED) is 0.609. The Morgan fingerprint density at radius 1 is 1.38 bits per heavy atom. The summed E-state index contributed by atoms with van der Waals surface area (Å²) < 4.78 is 0. The summed E-state index contributed by atoms with van der Waals surface area (Å²) in [6, 6.07) is 5.55. The molecule has 0 heterocycles. The number of benzene rings is 1. The number of alkyl halides is 2. The van der Waals surface area contributed by atoms with Crippen LogP contribution in [0.4, 0.5) is 5.69 Å². The van der Waals surface area contributed by atoms with E-state index in [2.05, 4.69) is 0 Å². The maximum Gasteiger partial charge on any atom is 0.243 e. The Bertz CT molecular complexity index is 381. The normalized spacial score (nSPS) is 10.2. The molecule has 16 heavy (non-hydrogen) atoms. The molecule has 0 fully saturated rings. The molecule has 0 aliphatic carbocycles. The molecule has 1 amide bonds. The number of carbonyl (C=O) groups is 1. The molecule has 5 heteroatoms. The Morgan fingerprint density at radius 2 is 2.06 bits per heavy atom. The minimum atomic E-state index is -0.250. The number of nitrogens with zero attached hydrogens (tertiary/aromatic N) is 1. The Kier molecular flexibility index (Phi) is 5.39. The fourth-order valence-electron chi connectivity index (χ4n) is 1.47. The first-order valence-corrected chi connectivity index (χ1v) is 6.30. The molecule has 1 rings (SSSR count). The summed E-state index contributed by atoms with van der Waals surface area (Å²) in [5, 5.41) is 0.512. The van der Waals surface area contributed by atoms with Gasteiger partial charge in [-0.3, -0.25) is 9.69 Å². The van der Waals surface area contributed by atoms with Gasteiger partial charge in [0.25, 0.3) is 0 Å². The van der Waals surface area contributed by atoms with Crippen LogP contribution in [0.25, 0.3) is 0 Å². The second-order valence-electron chi connectivity index (χ2n) is 3.18. The van der Waals surface area contributed by atoms with E-state index >= 15 is 0 Å². The van der Waals surface area contributed by atoms with Crippen molar-refractivity contribution in [3.63, 3.8) is 0 Å². The minimum Gasteiger partial charge on any atom is -0.295 e. The summed E-state index contributed by atoms with van der Waals surface area (Å²) in [6.45, 7) is 1.99. The molecule has 2 nitrogen and oxygen atoms in total. The van der Waals surface area contributed by atoms with Crippen LogP contribution >= 0.6 is 34.8 Å². The lowest BCUT2D eigenvalue weighted by Gasteiger charge is -2.22. The highest BCUT2D eigenvalue weighted by Gasteiger charge is 2.19. The largest absolute Gasteiger partial charge is 0.295 e. The first kappa shape index (κ1) is 13.6. The smallest absolute Gasteiger partial charge is 0.243 e. The van der Waals surface area contributed by atoms with Crippen molar-refractivity contribution in [1.29, 1.82) is 0 Å². The lowest BCUT2D eigenvalue weighted by atomic mass is 10.1. The van der Waals surface area contributed by atoms with E-state index in [9.17, 15) is 4.79 Å². The summed E-state index contributed by atoms with van der Waals surface area (Å²) in [5.74, 6) is -0.361. The van der Waals surface area contributed by atoms with Crippen molar-refractivity contribution < 1.29 is 4.79 Å². The highest BCUT2D eigenvalue weighted by molar-refractivity contribution is 6.36. The summed E-state index contributed by atoms with van der Waals surface area (Å²) >= 11 is 17.4. The highest BCUT2D eigenvalue weighted by Crippen LogP contribution is 2.30. The average Bonchev–Trinajstić information content (AvgIpc) is 2.31. The highest BCUT2D eigenvalue weighted by atomic mass is 35.5. The molecule has 0 radical (unpaired) electrons. The van der Waals surface area contributed by atoms with Gasteiger partial charge in [-0.25, -0.2) is 0 Å². The molecule has 0 spiro atoms. The number of aryl methyl sites for hydroxylation is 1. The predicted molar refractivity (Wildman–Crippen MR) is 69.8 cm³/mol. The van der Waals surface area contributed by atoms with Gasteiger partial charge in [-0.2, -0.15) is 0 Å². The van der Waals surface area contributed by atoms with E-state index < -0.39 is 0 Å². The van der Waals surface area contributed by atoms with E-state index in [1.54, 1.807) is 6.07 Å². The van der Waals surface area contributed by atoms with Gasteiger partial charge in [0.1, 0.15) is 11.9 Å². The summed E-state index contributed by atoms with van der Waals surface area (Å²) in [6.07, 6.45) is 0.777. The van der Waals surface area contributed by atoms with Crippen LogP contribution in [-0.4, -0.2) is 17.8 Å². The fraction of sp³-hybridized carbons (Fsp3) is 0.364. The molecule has 0 atom stereocenters. The Labute approximate surface area is 110 Å². The summed E-state index contributed by atoms with van der Waals surface area (Å²) in [5.41, 5.74) is 1.64. The molecular weight excluding hydrogens is 268 g/mol. The van der Waals surface area contributed by atoms with Gasteiger partial charge in [0.2, 0.25) is 5.91 Å². The van der Waals surface area contributed by atoms with Crippen molar-refractivity contribution in [2.75, 3.05) is 16.8 Å². The molecule has 0 bridgehead atoms. The van der Waals surface area contributed by atoms with Crippen LogP contribution in [0.15, 0.2) is 18.2 Å². The number of carbonyl (C=O) groups excluding carboxylic acids is 1. The topological polar surface area (TPSA) is 20.3 Å². The third kappa shape index (κ3) is 2.82. The van der Waals surface area contributed by atoms with Crippen LogP contribution in [-0.2, 0) is 11.2 Å². The lowest BCUT2D eigenvalue weighted by molar-refractivity contribution is -0.116. The Hall–Kier alpha value is -0.440. The van der Waals surface area contributed by atoms with Crippen molar-refractivity contribution >= 4 is 46.4 Å². The number of hydrogen-bond donors (Lipinski definition) is 0. The Morgan fingerprint density at radius 3 is 2.56 bits per heavy atom. The van der Waals surface area contributed by atoms with Crippen molar-refractivity contribution in [2.45, 2.75) is 13.3 Å². The van der Waals surface area contributed by atoms with Gasteiger partial charge in [-0.15, -0.1) is 23.2 Å². The van der Waals surface area contributed by atoms with Gasteiger partial charge >= 0.3 is 0 Å². The maximum atomic E-state index is 11.6. The first-order valence-electron chi connectivity index (χ1n) is 4.85. The zero-order valence-electron chi connectivity index (χ0n) is 8.84. The number of rotatable bonds is 4. The summed E-state index contributed by atoms with van der Waals surface area (Å²) in [4.78, 5) is 13.0. The van der Waals surface area contributed by atoms with Crippen molar-refractivity contribution in [3.05, 3.63) is 28.8 Å². The third-order valence-corrected chi connectivity index (χ3v) is 3.03. The second kappa shape index (κ2) is 6.33. The number of para-hydroxylation sites is 1. The van der Waals surface area contributed by atoms with Gasteiger partial charge in [-0.05, 0) is 18.1 Å². The number of hydrogen-bond acceptors (Lipinski definition) is 1. The zero-order chi connectivity index (χ0) is 12.1. The summed E-state index contributed by atoms with van der Waals surface area (Å²) in [7, 11) is 0. The van der Waals surface area contributed by atoms with E-state index in [4.69, 9.17) is 34.8 Å². The van der Waals surface area contributed by atoms with Crippen LogP contribution in [0.5, 0.6) is 0 Å². The number of amides is 1. The Balaban J connectivity index is 3.22. The predicted octanol–water partition coefficient (Wildman–Crippen LogP) is 3.67. The van der Waals surface area contributed by atoms with Crippen LogP contribution < -0.4 is 4.90 Å². The first-order chi connectivity index (χ1) is 7.65. The molecule has 0 saturated heterocycles. The van der Waals surface area contributed by atoms with E-state index in [1.165, 1.54) is 4.90 Å². The number of halogens is 3. The fourth-order valence-corrected chi connectivity index (χ4v) is 2.16. The molecule has 1 aromatic carbocycles. The molecule has 0 aliphatic heterocycles. The monoisotopic (exact) mass is 279 g/mol. The molecule has 88 valence electrons.